The minimum absolute atomic E-state index is 0.167. The van der Waals surface area contributed by atoms with E-state index in [0.717, 1.165) is 41.9 Å². The fourth-order valence-corrected chi connectivity index (χ4v) is 3.32. The van der Waals surface area contributed by atoms with Gasteiger partial charge in [-0.15, -0.1) is 0 Å². The zero-order valence-corrected chi connectivity index (χ0v) is 14.1. The first-order valence-corrected chi connectivity index (χ1v) is 8.50. The number of carbonyl (C=O) groups is 1. The molecule has 0 saturated carbocycles. The Morgan fingerprint density at radius 2 is 1.72 bits per heavy atom. The van der Waals surface area contributed by atoms with Crippen LogP contribution in [-0.2, 0) is 12.8 Å². The summed E-state index contributed by atoms with van der Waals surface area (Å²) < 4.78 is 1.92. The molecule has 0 unspecified atom stereocenters. The lowest BCUT2D eigenvalue weighted by molar-refractivity contribution is 0.0945. The smallest absolute Gasteiger partial charge is 0.288 e. The van der Waals surface area contributed by atoms with Gasteiger partial charge in [0.1, 0.15) is 0 Å². The van der Waals surface area contributed by atoms with Crippen molar-refractivity contribution in [2.75, 3.05) is 12.1 Å². The molecule has 1 aliphatic carbocycles. The van der Waals surface area contributed by atoms with Gasteiger partial charge < -0.3 is 0 Å². The second kappa shape index (κ2) is 6.43. The van der Waals surface area contributed by atoms with Gasteiger partial charge in [0.2, 0.25) is 0 Å². The Morgan fingerprint density at radius 3 is 2.44 bits per heavy atom. The van der Waals surface area contributed by atoms with Crippen molar-refractivity contribution in [2.45, 2.75) is 19.3 Å². The SMILES string of the molecule is CN(NC(=O)c1nn(-c2ccccc2)c2c1CCC2)c1ccccc1. The standard InChI is InChI=1S/C20H20N4O/c1-23(15-9-4-2-5-10-15)22-20(25)19-17-13-8-14-18(17)24(21-19)16-11-6-3-7-12-16/h2-7,9-12H,8,13-14H2,1H3,(H,22,25). The van der Waals surface area contributed by atoms with Crippen LogP contribution in [0.4, 0.5) is 5.69 Å². The summed E-state index contributed by atoms with van der Waals surface area (Å²) >= 11 is 0. The molecule has 25 heavy (non-hydrogen) atoms. The zero-order valence-electron chi connectivity index (χ0n) is 14.1. The largest absolute Gasteiger partial charge is 0.290 e. The van der Waals surface area contributed by atoms with Crippen molar-refractivity contribution >= 4 is 11.6 Å². The number of nitrogens with one attached hydrogen (secondary N) is 1. The summed E-state index contributed by atoms with van der Waals surface area (Å²) in [6, 6.07) is 19.7. The molecule has 0 bridgehead atoms. The first-order chi connectivity index (χ1) is 12.2. The van der Waals surface area contributed by atoms with E-state index in [4.69, 9.17) is 0 Å². The molecule has 0 atom stereocenters. The summed E-state index contributed by atoms with van der Waals surface area (Å²) in [7, 11) is 1.83. The summed E-state index contributed by atoms with van der Waals surface area (Å²) in [5, 5.41) is 6.35. The number of carbonyl (C=O) groups excluding carboxylic acids is 1. The Labute approximate surface area is 146 Å². The molecule has 1 N–H and O–H groups in total. The summed E-state index contributed by atoms with van der Waals surface area (Å²) in [5.41, 5.74) is 7.60. The van der Waals surface area contributed by atoms with E-state index < -0.39 is 0 Å². The van der Waals surface area contributed by atoms with Crippen LogP contribution in [0, 0.1) is 0 Å². The Hall–Kier alpha value is -3.08. The molecule has 0 fully saturated rings. The molecule has 1 aromatic heterocycles. The molecule has 1 amide bonds. The minimum atomic E-state index is -0.167. The number of anilines is 1. The summed E-state index contributed by atoms with van der Waals surface area (Å²) in [5.74, 6) is -0.167. The number of para-hydroxylation sites is 2. The summed E-state index contributed by atoms with van der Waals surface area (Å²) in [6.07, 6.45) is 2.92. The molecule has 0 radical (unpaired) electrons. The monoisotopic (exact) mass is 332 g/mol. The van der Waals surface area contributed by atoms with Crippen molar-refractivity contribution in [2.24, 2.45) is 0 Å². The van der Waals surface area contributed by atoms with E-state index in [1.54, 1.807) is 5.01 Å². The highest BCUT2D eigenvalue weighted by atomic mass is 16.2. The number of fused-ring (bicyclic) bond motifs is 1. The molecule has 2 aromatic carbocycles. The third kappa shape index (κ3) is 2.89. The average Bonchev–Trinajstić information content (AvgIpc) is 3.25. The van der Waals surface area contributed by atoms with Gasteiger partial charge in [-0.1, -0.05) is 36.4 Å². The van der Waals surface area contributed by atoms with Crippen LogP contribution in [0.1, 0.15) is 28.2 Å². The van der Waals surface area contributed by atoms with Crippen LogP contribution in [0.2, 0.25) is 0 Å². The van der Waals surface area contributed by atoms with Gasteiger partial charge in [-0.25, -0.2) is 4.68 Å². The van der Waals surface area contributed by atoms with Crippen LogP contribution in [0.5, 0.6) is 0 Å². The maximum absolute atomic E-state index is 12.8. The zero-order chi connectivity index (χ0) is 17.2. The molecular weight excluding hydrogens is 312 g/mol. The highest BCUT2D eigenvalue weighted by Crippen LogP contribution is 2.27. The minimum Gasteiger partial charge on any atom is -0.288 e. The Morgan fingerprint density at radius 1 is 1.04 bits per heavy atom. The number of benzene rings is 2. The van der Waals surface area contributed by atoms with Crippen LogP contribution in [-0.4, -0.2) is 22.7 Å². The van der Waals surface area contributed by atoms with Crippen LogP contribution < -0.4 is 10.4 Å². The van der Waals surface area contributed by atoms with E-state index >= 15 is 0 Å². The molecular formula is C20H20N4O. The number of nitrogens with zero attached hydrogens (tertiary/aromatic N) is 3. The number of rotatable bonds is 4. The van der Waals surface area contributed by atoms with Gasteiger partial charge in [0.05, 0.1) is 11.4 Å². The van der Waals surface area contributed by atoms with Crippen molar-refractivity contribution in [3.05, 3.63) is 77.6 Å². The van der Waals surface area contributed by atoms with Crippen molar-refractivity contribution < 1.29 is 4.79 Å². The maximum Gasteiger partial charge on any atom is 0.290 e. The number of hydrogen-bond acceptors (Lipinski definition) is 3. The fraction of sp³-hybridized carbons (Fsp3) is 0.200. The fourth-order valence-electron chi connectivity index (χ4n) is 3.32. The Bertz CT molecular complexity index is 887. The van der Waals surface area contributed by atoms with E-state index in [2.05, 4.69) is 10.5 Å². The second-order valence-electron chi connectivity index (χ2n) is 6.21. The molecule has 3 aromatic rings. The van der Waals surface area contributed by atoms with Crippen molar-refractivity contribution in [1.29, 1.82) is 0 Å². The lowest BCUT2D eigenvalue weighted by Crippen LogP contribution is -2.39. The lowest BCUT2D eigenvalue weighted by Gasteiger charge is -2.19. The van der Waals surface area contributed by atoms with Gasteiger partial charge in [0.15, 0.2) is 5.69 Å². The molecule has 1 heterocycles. The number of amides is 1. The Balaban J connectivity index is 1.64. The molecule has 4 rings (SSSR count). The molecule has 5 nitrogen and oxygen atoms in total. The third-order valence-electron chi connectivity index (χ3n) is 4.56. The van der Waals surface area contributed by atoms with Crippen molar-refractivity contribution in [3.8, 4) is 5.69 Å². The van der Waals surface area contributed by atoms with Gasteiger partial charge in [0, 0.05) is 18.3 Å². The van der Waals surface area contributed by atoms with Crippen LogP contribution >= 0.6 is 0 Å². The highest BCUT2D eigenvalue weighted by molar-refractivity contribution is 5.95. The number of hydrogen-bond donors (Lipinski definition) is 1. The first kappa shape index (κ1) is 15.4. The van der Waals surface area contributed by atoms with Crippen LogP contribution in [0.3, 0.4) is 0 Å². The maximum atomic E-state index is 12.8. The Kier molecular flexibility index (Phi) is 3.98. The van der Waals surface area contributed by atoms with Crippen LogP contribution in [0.25, 0.3) is 5.69 Å². The molecule has 0 aliphatic heterocycles. The quantitative estimate of drug-likeness (QED) is 0.747. The van der Waals surface area contributed by atoms with Crippen molar-refractivity contribution in [1.82, 2.24) is 15.2 Å². The van der Waals surface area contributed by atoms with Gasteiger partial charge in [-0.2, -0.15) is 5.10 Å². The summed E-state index contributed by atoms with van der Waals surface area (Å²) in [4.78, 5) is 12.8. The van der Waals surface area contributed by atoms with E-state index in [1.165, 1.54) is 0 Å². The number of hydrazine groups is 1. The predicted molar refractivity (Wildman–Crippen MR) is 97.9 cm³/mol. The molecule has 5 heteroatoms. The first-order valence-electron chi connectivity index (χ1n) is 8.50. The van der Waals surface area contributed by atoms with Gasteiger partial charge in [0.25, 0.3) is 5.91 Å². The van der Waals surface area contributed by atoms with Gasteiger partial charge >= 0.3 is 0 Å². The average molecular weight is 332 g/mol. The lowest BCUT2D eigenvalue weighted by atomic mass is 10.2. The van der Waals surface area contributed by atoms with E-state index in [0.29, 0.717) is 5.69 Å². The predicted octanol–water partition coefficient (Wildman–Crippen LogP) is 3.14. The molecule has 1 aliphatic rings. The molecule has 126 valence electrons. The second-order valence-corrected chi connectivity index (χ2v) is 6.21. The van der Waals surface area contributed by atoms with Crippen LogP contribution in [0.15, 0.2) is 60.7 Å². The van der Waals surface area contributed by atoms with E-state index in [9.17, 15) is 4.79 Å². The topological polar surface area (TPSA) is 50.2 Å². The van der Waals surface area contributed by atoms with Crippen molar-refractivity contribution in [3.63, 3.8) is 0 Å². The van der Waals surface area contributed by atoms with Gasteiger partial charge in [-0.05, 0) is 43.5 Å². The van der Waals surface area contributed by atoms with E-state index in [1.807, 2.05) is 72.4 Å². The number of aromatic nitrogens is 2. The molecule has 0 saturated heterocycles. The third-order valence-corrected chi connectivity index (χ3v) is 4.56. The van der Waals surface area contributed by atoms with Gasteiger partial charge in [-0.3, -0.25) is 15.2 Å². The highest BCUT2D eigenvalue weighted by Gasteiger charge is 2.27. The summed E-state index contributed by atoms with van der Waals surface area (Å²) in [6.45, 7) is 0. The normalized spacial score (nSPS) is 12.7. The molecule has 0 spiro atoms. The van der Waals surface area contributed by atoms with E-state index in [-0.39, 0.29) is 5.91 Å².